The number of hydrogen-bond acceptors (Lipinski definition) is 6. The van der Waals surface area contributed by atoms with E-state index in [0.29, 0.717) is 0 Å². The summed E-state index contributed by atoms with van der Waals surface area (Å²) in [6.07, 6.45) is 1.47. The maximum Gasteiger partial charge on any atom is 0.266 e. The van der Waals surface area contributed by atoms with Crippen molar-refractivity contribution in [1.82, 2.24) is 9.71 Å². The Bertz CT molecular complexity index is 1270. The summed E-state index contributed by atoms with van der Waals surface area (Å²) in [6, 6.07) is 11.5. The van der Waals surface area contributed by atoms with Crippen LogP contribution in [0.3, 0.4) is 0 Å². The predicted octanol–water partition coefficient (Wildman–Crippen LogP) is 3.63. The normalized spacial score (nSPS) is 15.7. The number of sulfonamides is 1. The third-order valence-corrected chi connectivity index (χ3v) is 5.83. The van der Waals surface area contributed by atoms with E-state index in [1.54, 1.807) is 24.3 Å². The first-order chi connectivity index (χ1) is 14.3. The largest absolute Gasteiger partial charge is 0.506 e. The predicted molar refractivity (Wildman–Crippen MR) is 109 cm³/mol. The molecule has 0 saturated heterocycles. The number of aromatic hydroxyl groups is 1. The third kappa shape index (κ3) is 3.87. The van der Waals surface area contributed by atoms with Gasteiger partial charge in [-0.05, 0) is 36.4 Å². The van der Waals surface area contributed by atoms with E-state index in [-0.39, 0.29) is 51.1 Å². The van der Waals surface area contributed by atoms with Crippen molar-refractivity contribution in [1.29, 1.82) is 0 Å². The van der Waals surface area contributed by atoms with Crippen LogP contribution in [0.15, 0.2) is 64.6 Å². The molecular weight excluding hydrogens is 435 g/mol. The average Bonchev–Trinajstić information content (AvgIpc) is 2.70. The first kappa shape index (κ1) is 19.9. The molecule has 1 aliphatic rings. The second-order valence-electron chi connectivity index (χ2n) is 6.15. The molecule has 30 heavy (non-hydrogen) atoms. The summed E-state index contributed by atoms with van der Waals surface area (Å²) in [5, 5.41) is 12.8. The molecule has 0 fully saturated rings. The molecule has 3 aromatic rings. The van der Waals surface area contributed by atoms with Crippen molar-refractivity contribution in [2.24, 2.45) is 4.99 Å². The van der Waals surface area contributed by atoms with E-state index in [4.69, 9.17) is 16.3 Å². The maximum absolute atomic E-state index is 14.6. The topological polar surface area (TPSA) is 113 Å². The second-order valence-corrected chi connectivity index (χ2v) is 8.20. The molecule has 8 nitrogen and oxygen atoms in total. The van der Waals surface area contributed by atoms with Gasteiger partial charge in [-0.3, -0.25) is 4.98 Å². The third-order valence-electron chi connectivity index (χ3n) is 4.14. The highest BCUT2D eigenvalue weighted by molar-refractivity contribution is 7.90. The van der Waals surface area contributed by atoms with Crippen LogP contribution in [0.4, 0.5) is 10.1 Å². The molecule has 0 amide bonds. The first-order valence-corrected chi connectivity index (χ1v) is 10.4. The van der Waals surface area contributed by atoms with Crippen molar-refractivity contribution >= 4 is 33.3 Å². The van der Waals surface area contributed by atoms with Crippen LogP contribution in [0.2, 0.25) is 5.02 Å². The fourth-order valence-electron chi connectivity index (χ4n) is 2.72. The first-order valence-electron chi connectivity index (χ1n) is 8.57. The Morgan fingerprint density at radius 1 is 1.17 bits per heavy atom. The standard InChI is InChI=1S/C19H14ClFN4O4S/c20-11-4-1-2-6-15(11)29-18-12(21)7-8-16-17(18)24-19(25-30(16,27)28)23-10-13-14(26)5-3-9-22-13/h1-9,26H,10H2,(H2,23,24,25). The SMILES string of the molecule is O=S1(=O)NC(=NCc2ncccc2O)Nc2c1ccc(F)c2Oc1ccccc1Cl. The van der Waals surface area contributed by atoms with E-state index in [2.05, 4.69) is 20.0 Å². The molecule has 3 N–H and O–H groups in total. The van der Waals surface area contributed by atoms with E-state index >= 15 is 0 Å². The zero-order valence-corrected chi connectivity index (χ0v) is 16.7. The molecule has 0 radical (unpaired) electrons. The van der Waals surface area contributed by atoms with Crippen LogP contribution < -0.4 is 14.8 Å². The Labute approximate surface area is 176 Å². The molecule has 2 aromatic carbocycles. The maximum atomic E-state index is 14.6. The molecule has 0 aliphatic carbocycles. The van der Waals surface area contributed by atoms with Gasteiger partial charge in [0.1, 0.15) is 27.8 Å². The summed E-state index contributed by atoms with van der Waals surface area (Å²) in [5.41, 5.74) is 0.112. The lowest BCUT2D eigenvalue weighted by molar-refractivity contribution is 0.443. The van der Waals surface area contributed by atoms with Crippen LogP contribution in [-0.4, -0.2) is 24.5 Å². The highest BCUT2D eigenvalue weighted by Gasteiger charge is 2.31. The number of para-hydroxylation sites is 1. The number of aromatic nitrogens is 1. The van der Waals surface area contributed by atoms with Gasteiger partial charge >= 0.3 is 0 Å². The summed E-state index contributed by atoms with van der Waals surface area (Å²) in [5.74, 6) is -1.25. The molecule has 0 unspecified atom stereocenters. The minimum atomic E-state index is -4.05. The van der Waals surface area contributed by atoms with Crippen molar-refractivity contribution in [3.8, 4) is 17.2 Å². The van der Waals surface area contributed by atoms with Crippen molar-refractivity contribution in [3.63, 3.8) is 0 Å². The number of fused-ring (bicyclic) bond motifs is 1. The Morgan fingerprint density at radius 2 is 1.97 bits per heavy atom. The lowest BCUT2D eigenvalue weighted by Gasteiger charge is -2.24. The summed E-state index contributed by atoms with van der Waals surface area (Å²) in [6.45, 7) is -0.122. The fraction of sp³-hybridized carbons (Fsp3) is 0.0526. The van der Waals surface area contributed by atoms with Gasteiger partial charge in [0.25, 0.3) is 10.0 Å². The zero-order chi connectivity index (χ0) is 21.3. The van der Waals surface area contributed by atoms with Crippen LogP contribution in [0.1, 0.15) is 5.69 Å². The van der Waals surface area contributed by atoms with Gasteiger partial charge in [-0.2, -0.15) is 0 Å². The Kier molecular flexibility index (Phi) is 5.18. The molecule has 1 aromatic heterocycles. The fourth-order valence-corrected chi connectivity index (χ4v) is 4.04. The number of pyridine rings is 1. The number of aliphatic imine (C=N–C) groups is 1. The molecule has 0 spiro atoms. The highest BCUT2D eigenvalue weighted by Crippen LogP contribution is 2.40. The lowest BCUT2D eigenvalue weighted by atomic mass is 10.2. The van der Waals surface area contributed by atoms with Gasteiger partial charge in [-0.15, -0.1) is 0 Å². The quantitative estimate of drug-likeness (QED) is 0.561. The molecule has 1 aliphatic heterocycles. The number of benzene rings is 2. The molecule has 4 rings (SSSR count). The molecule has 0 atom stereocenters. The highest BCUT2D eigenvalue weighted by atomic mass is 35.5. The molecular formula is C19H14ClFN4O4S. The van der Waals surface area contributed by atoms with Crippen LogP contribution in [0.5, 0.6) is 17.2 Å². The summed E-state index contributed by atoms with van der Waals surface area (Å²) < 4.78 is 47.7. The van der Waals surface area contributed by atoms with Gasteiger partial charge < -0.3 is 15.2 Å². The van der Waals surface area contributed by atoms with Crippen molar-refractivity contribution in [3.05, 3.63) is 71.3 Å². The van der Waals surface area contributed by atoms with Crippen molar-refractivity contribution in [2.45, 2.75) is 11.4 Å². The molecule has 2 heterocycles. The van der Waals surface area contributed by atoms with Gasteiger partial charge in [0, 0.05) is 6.20 Å². The average molecular weight is 449 g/mol. The Hall–Kier alpha value is -3.37. The molecule has 11 heteroatoms. The van der Waals surface area contributed by atoms with E-state index in [0.717, 1.165) is 12.1 Å². The van der Waals surface area contributed by atoms with Gasteiger partial charge in [0.2, 0.25) is 5.96 Å². The number of nitrogens with zero attached hydrogens (tertiary/aromatic N) is 2. The number of nitrogens with one attached hydrogen (secondary N) is 2. The van der Waals surface area contributed by atoms with E-state index in [9.17, 15) is 17.9 Å². The smallest absolute Gasteiger partial charge is 0.266 e. The van der Waals surface area contributed by atoms with Crippen LogP contribution in [0.25, 0.3) is 0 Å². The molecule has 0 saturated carbocycles. The Morgan fingerprint density at radius 3 is 2.73 bits per heavy atom. The number of rotatable bonds is 4. The number of ether oxygens (including phenoxy) is 1. The van der Waals surface area contributed by atoms with Gasteiger partial charge in [0.05, 0.1) is 11.6 Å². The van der Waals surface area contributed by atoms with Crippen molar-refractivity contribution in [2.75, 3.05) is 5.32 Å². The summed E-state index contributed by atoms with van der Waals surface area (Å²) in [4.78, 5) is 7.85. The summed E-state index contributed by atoms with van der Waals surface area (Å²) in [7, 11) is -4.05. The van der Waals surface area contributed by atoms with Crippen LogP contribution >= 0.6 is 11.6 Å². The monoisotopic (exact) mass is 448 g/mol. The lowest BCUT2D eigenvalue weighted by Crippen LogP contribution is -2.41. The van der Waals surface area contributed by atoms with E-state index < -0.39 is 15.8 Å². The number of guanidine groups is 1. The van der Waals surface area contributed by atoms with E-state index in [1.807, 2.05) is 0 Å². The molecule has 154 valence electrons. The molecule has 0 bridgehead atoms. The number of halogens is 2. The number of hydrogen-bond donors (Lipinski definition) is 3. The van der Waals surface area contributed by atoms with Crippen LogP contribution in [0, 0.1) is 5.82 Å². The second kappa shape index (κ2) is 7.81. The van der Waals surface area contributed by atoms with Crippen molar-refractivity contribution < 1.29 is 22.7 Å². The summed E-state index contributed by atoms with van der Waals surface area (Å²) >= 11 is 6.07. The van der Waals surface area contributed by atoms with Gasteiger partial charge in [-0.25, -0.2) is 22.5 Å². The number of anilines is 1. The van der Waals surface area contributed by atoms with Gasteiger partial charge in [-0.1, -0.05) is 23.7 Å². The zero-order valence-electron chi connectivity index (χ0n) is 15.1. The van der Waals surface area contributed by atoms with E-state index in [1.165, 1.54) is 18.3 Å². The Balaban J connectivity index is 1.74. The minimum Gasteiger partial charge on any atom is -0.506 e. The minimum absolute atomic E-state index is 0.0882. The van der Waals surface area contributed by atoms with Crippen LogP contribution in [-0.2, 0) is 16.6 Å². The van der Waals surface area contributed by atoms with Gasteiger partial charge in [0.15, 0.2) is 11.6 Å².